The molecule has 0 spiro atoms. The molecule has 7 heteroatoms. The van der Waals surface area contributed by atoms with E-state index >= 15 is 0 Å². The van der Waals surface area contributed by atoms with E-state index in [4.69, 9.17) is 14.2 Å². The van der Waals surface area contributed by atoms with Crippen LogP contribution >= 0.6 is 11.8 Å². The van der Waals surface area contributed by atoms with Gasteiger partial charge in [0, 0.05) is 7.11 Å². The molecule has 110 valence electrons. The van der Waals surface area contributed by atoms with Crippen LogP contribution in [-0.2, 0) is 9.53 Å². The van der Waals surface area contributed by atoms with E-state index in [1.807, 2.05) is 6.07 Å². The van der Waals surface area contributed by atoms with Gasteiger partial charge in [-0.05, 0) is 35.5 Å². The Morgan fingerprint density at radius 2 is 2.14 bits per heavy atom. The lowest BCUT2D eigenvalue weighted by Crippen LogP contribution is -2.31. The number of ether oxygens (including phenoxy) is 3. The molecule has 1 saturated heterocycles. The molecule has 2 aliphatic rings. The Morgan fingerprint density at radius 1 is 1.33 bits per heavy atom. The molecule has 2 heterocycles. The van der Waals surface area contributed by atoms with E-state index in [1.165, 1.54) is 12.0 Å². The number of rotatable bonds is 4. The number of fused-ring (bicyclic) bond motifs is 1. The van der Waals surface area contributed by atoms with Gasteiger partial charge in [-0.2, -0.15) is 0 Å². The molecule has 0 atom stereocenters. The normalized spacial score (nSPS) is 18.9. The first kappa shape index (κ1) is 14.0. The second-order valence-electron chi connectivity index (χ2n) is 4.44. The maximum atomic E-state index is 12.2. The van der Waals surface area contributed by atoms with E-state index < -0.39 is 0 Å². The minimum Gasteiger partial charge on any atom is -0.454 e. The Balaban J connectivity index is 1.80. The Kier molecular flexibility index (Phi) is 3.85. The van der Waals surface area contributed by atoms with Crippen LogP contribution in [0.1, 0.15) is 5.56 Å². The number of methoxy groups -OCH3 is 1. The predicted molar refractivity (Wildman–Crippen MR) is 77.1 cm³/mol. The molecule has 0 saturated carbocycles. The van der Waals surface area contributed by atoms with E-state index in [9.17, 15) is 9.59 Å². The number of carbonyl (C=O) groups excluding carboxylic acids is 2. The van der Waals surface area contributed by atoms with Crippen molar-refractivity contribution in [3.05, 3.63) is 28.7 Å². The SMILES string of the molecule is COCCN1C(=O)S/C(=C/c2ccc3c(c2)OCO3)C1=O. The molecule has 1 aromatic carbocycles. The van der Waals surface area contributed by atoms with Crippen molar-refractivity contribution in [1.29, 1.82) is 0 Å². The number of benzene rings is 1. The van der Waals surface area contributed by atoms with Gasteiger partial charge in [0.25, 0.3) is 11.1 Å². The first-order valence-corrected chi connectivity index (χ1v) is 7.14. The van der Waals surface area contributed by atoms with Crippen molar-refractivity contribution in [3.8, 4) is 11.5 Å². The van der Waals surface area contributed by atoms with Crippen molar-refractivity contribution < 1.29 is 23.8 Å². The van der Waals surface area contributed by atoms with Crippen molar-refractivity contribution >= 4 is 29.0 Å². The van der Waals surface area contributed by atoms with Crippen LogP contribution in [0.3, 0.4) is 0 Å². The Labute approximate surface area is 125 Å². The zero-order valence-corrected chi connectivity index (χ0v) is 12.1. The molecule has 2 amide bonds. The maximum absolute atomic E-state index is 12.2. The van der Waals surface area contributed by atoms with Gasteiger partial charge < -0.3 is 14.2 Å². The molecular formula is C14H13NO5S. The zero-order chi connectivity index (χ0) is 14.8. The summed E-state index contributed by atoms with van der Waals surface area (Å²) in [5, 5.41) is -0.274. The van der Waals surface area contributed by atoms with E-state index in [0.29, 0.717) is 23.0 Å². The van der Waals surface area contributed by atoms with Crippen LogP contribution in [0.25, 0.3) is 6.08 Å². The summed E-state index contributed by atoms with van der Waals surface area (Å²) in [6.07, 6.45) is 1.68. The van der Waals surface area contributed by atoms with Gasteiger partial charge >= 0.3 is 0 Å². The summed E-state index contributed by atoms with van der Waals surface area (Å²) < 4.78 is 15.4. The van der Waals surface area contributed by atoms with E-state index in [2.05, 4.69) is 0 Å². The largest absolute Gasteiger partial charge is 0.454 e. The van der Waals surface area contributed by atoms with Gasteiger partial charge in [-0.3, -0.25) is 14.5 Å². The monoisotopic (exact) mass is 307 g/mol. The fourth-order valence-electron chi connectivity index (χ4n) is 2.03. The van der Waals surface area contributed by atoms with Crippen LogP contribution in [0.15, 0.2) is 23.1 Å². The van der Waals surface area contributed by atoms with Gasteiger partial charge in [-0.25, -0.2) is 0 Å². The number of hydrogen-bond acceptors (Lipinski definition) is 6. The van der Waals surface area contributed by atoms with Gasteiger partial charge in [-0.1, -0.05) is 6.07 Å². The molecule has 1 fully saturated rings. The van der Waals surface area contributed by atoms with E-state index in [0.717, 1.165) is 17.3 Å². The van der Waals surface area contributed by atoms with Gasteiger partial charge in [0.05, 0.1) is 18.1 Å². The second-order valence-corrected chi connectivity index (χ2v) is 5.43. The molecule has 0 bridgehead atoms. The molecular weight excluding hydrogens is 294 g/mol. The number of imide groups is 1. The van der Waals surface area contributed by atoms with Crippen molar-refractivity contribution in [1.82, 2.24) is 4.90 Å². The lowest BCUT2D eigenvalue weighted by Gasteiger charge is -2.10. The lowest BCUT2D eigenvalue weighted by atomic mass is 10.2. The third kappa shape index (κ3) is 2.74. The molecule has 1 aromatic rings. The minimum absolute atomic E-state index is 0.201. The highest BCUT2D eigenvalue weighted by Gasteiger charge is 2.34. The smallest absolute Gasteiger partial charge is 0.293 e. The average Bonchev–Trinajstić information content (AvgIpc) is 3.03. The van der Waals surface area contributed by atoms with Crippen molar-refractivity contribution in [2.45, 2.75) is 0 Å². The number of thioether (sulfide) groups is 1. The van der Waals surface area contributed by atoms with Crippen LogP contribution in [0.2, 0.25) is 0 Å². The van der Waals surface area contributed by atoms with E-state index in [-0.39, 0.29) is 24.5 Å². The molecule has 0 aliphatic carbocycles. The van der Waals surface area contributed by atoms with Gasteiger partial charge in [0.1, 0.15) is 0 Å². The zero-order valence-electron chi connectivity index (χ0n) is 11.3. The number of hydrogen-bond donors (Lipinski definition) is 0. The fourth-order valence-corrected chi connectivity index (χ4v) is 2.89. The van der Waals surface area contributed by atoms with Gasteiger partial charge in [0.2, 0.25) is 6.79 Å². The molecule has 21 heavy (non-hydrogen) atoms. The molecule has 2 aliphatic heterocycles. The van der Waals surface area contributed by atoms with Gasteiger partial charge in [-0.15, -0.1) is 0 Å². The summed E-state index contributed by atoms with van der Waals surface area (Å²) in [5.74, 6) is 1.03. The topological polar surface area (TPSA) is 65.1 Å². The molecule has 0 unspecified atom stereocenters. The van der Waals surface area contributed by atoms with E-state index in [1.54, 1.807) is 18.2 Å². The molecule has 3 rings (SSSR count). The summed E-state index contributed by atoms with van der Waals surface area (Å²) in [7, 11) is 1.53. The standard InChI is InChI=1S/C14H13NO5S/c1-18-5-4-15-13(16)12(21-14(15)17)7-9-2-3-10-11(6-9)20-8-19-10/h2-3,6-7H,4-5,8H2,1H3/b12-7+. The first-order valence-electron chi connectivity index (χ1n) is 6.33. The Morgan fingerprint density at radius 3 is 2.95 bits per heavy atom. The molecule has 0 N–H and O–H groups in total. The summed E-state index contributed by atoms with van der Waals surface area (Å²) in [6, 6.07) is 5.38. The Hall–Kier alpha value is -1.99. The van der Waals surface area contributed by atoms with Crippen LogP contribution in [0, 0.1) is 0 Å². The average molecular weight is 307 g/mol. The second kappa shape index (κ2) is 5.79. The summed E-state index contributed by atoms with van der Waals surface area (Å²) in [6.45, 7) is 0.793. The van der Waals surface area contributed by atoms with Crippen LogP contribution in [0.4, 0.5) is 4.79 Å². The molecule has 0 radical (unpaired) electrons. The Bertz CT molecular complexity index is 628. The number of carbonyl (C=O) groups is 2. The summed E-state index contributed by atoms with van der Waals surface area (Å²) in [4.78, 5) is 25.6. The van der Waals surface area contributed by atoms with Crippen molar-refractivity contribution in [3.63, 3.8) is 0 Å². The first-order chi connectivity index (χ1) is 10.2. The van der Waals surface area contributed by atoms with Crippen LogP contribution < -0.4 is 9.47 Å². The maximum Gasteiger partial charge on any atom is 0.293 e. The lowest BCUT2D eigenvalue weighted by molar-refractivity contribution is -0.123. The summed E-state index contributed by atoms with van der Waals surface area (Å²) >= 11 is 0.931. The third-order valence-corrected chi connectivity index (χ3v) is 3.99. The highest BCUT2D eigenvalue weighted by Crippen LogP contribution is 2.36. The van der Waals surface area contributed by atoms with Crippen molar-refractivity contribution in [2.75, 3.05) is 27.1 Å². The molecule has 0 aromatic heterocycles. The fraction of sp³-hybridized carbons (Fsp3) is 0.286. The van der Waals surface area contributed by atoms with Crippen LogP contribution in [-0.4, -0.2) is 43.1 Å². The van der Waals surface area contributed by atoms with Gasteiger partial charge in [0.15, 0.2) is 11.5 Å². The predicted octanol–water partition coefficient (Wildman–Crippen LogP) is 2.10. The highest BCUT2D eigenvalue weighted by atomic mass is 32.2. The number of nitrogens with zero attached hydrogens (tertiary/aromatic N) is 1. The summed E-state index contributed by atoms with van der Waals surface area (Å²) in [5.41, 5.74) is 0.788. The van der Waals surface area contributed by atoms with Crippen molar-refractivity contribution in [2.24, 2.45) is 0 Å². The molecule has 6 nitrogen and oxygen atoms in total. The quantitative estimate of drug-likeness (QED) is 0.794. The third-order valence-electron chi connectivity index (χ3n) is 3.09. The highest BCUT2D eigenvalue weighted by molar-refractivity contribution is 8.18. The minimum atomic E-state index is -0.292. The number of amides is 2. The van der Waals surface area contributed by atoms with Crippen LogP contribution in [0.5, 0.6) is 11.5 Å².